The molecule has 1 aromatic rings. The summed E-state index contributed by atoms with van der Waals surface area (Å²) in [6, 6.07) is 3.25. The molecule has 4 heteroatoms. The van der Waals surface area contributed by atoms with Gasteiger partial charge in [-0.25, -0.2) is 0 Å². The van der Waals surface area contributed by atoms with Gasteiger partial charge in [-0.2, -0.15) is 0 Å². The van der Waals surface area contributed by atoms with Crippen LogP contribution in [0.15, 0.2) is 23.1 Å². The molecule has 4 nitrogen and oxygen atoms in total. The minimum absolute atomic E-state index is 0.273. The van der Waals surface area contributed by atoms with Crippen LogP contribution < -0.4 is 15.1 Å². The van der Waals surface area contributed by atoms with Gasteiger partial charge in [0.1, 0.15) is 7.11 Å². The van der Waals surface area contributed by atoms with Gasteiger partial charge in [-0.05, 0) is 12.1 Å². The number of aromatic nitrogens is 1. The Bertz CT molecular complexity index is 267. The fourth-order valence-electron chi connectivity index (χ4n) is 0.755. The van der Waals surface area contributed by atoms with E-state index in [0.717, 1.165) is 4.73 Å². The van der Waals surface area contributed by atoms with Gasteiger partial charge in [-0.3, -0.25) is 4.79 Å². The second-order valence-electron chi connectivity index (χ2n) is 1.89. The molecule has 0 bridgehead atoms. The van der Waals surface area contributed by atoms with Crippen LogP contribution in [0.4, 0.5) is 0 Å². The standard InChI is InChI=1S/C7H9NO3/c1-10-6-4-3-5-8(11-2)7(6)9/h3-5H,1-2H3. The average Bonchev–Trinajstić information content (AvgIpc) is 2.05. The summed E-state index contributed by atoms with van der Waals surface area (Å²) >= 11 is 0. The maximum absolute atomic E-state index is 11.1. The molecule has 0 unspecified atom stereocenters. The normalized spacial score (nSPS) is 9.27. The largest absolute Gasteiger partial charge is 0.491 e. The molecule has 0 amide bonds. The molecule has 0 N–H and O–H groups in total. The Morgan fingerprint density at radius 3 is 2.73 bits per heavy atom. The van der Waals surface area contributed by atoms with Gasteiger partial charge in [-0.15, -0.1) is 4.73 Å². The van der Waals surface area contributed by atoms with Crippen LogP contribution in [0, 0.1) is 0 Å². The number of pyridine rings is 1. The van der Waals surface area contributed by atoms with Crippen molar-refractivity contribution >= 4 is 0 Å². The monoisotopic (exact) mass is 155 g/mol. The second-order valence-corrected chi connectivity index (χ2v) is 1.89. The van der Waals surface area contributed by atoms with Crippen molar-refractivity contribution in [3.63, 3.8) is 0 Å². The summed E-state index contributed by atoms with van der Waals surface area (Å²) in [5.41, 5.74) is -0.294. The molecule has 0 saturated heterocycles. The minimum atomic E-state index is -0.294. The fourth-order valence-corrected chi connectivity index (χ4v) is 0.755. The Morgan fingerprint density at radius 2 is 2.18 bits per heavy atom. The SMILES string of the molecule is COc1cccn(OC)c1=O. The second kappa shape index (κ2) is 3.09. The first-order chi connectivity index (χ1) is 5.29. The maximum atomic E-state index is 11.1. The molecule has 1 rings (SSSR count). The summed E-state index contributed by atoms with van der Waals surface area (Å²) in [6.07, 6.45) is 1.52. The lowest BCUT2D eigenvalue weighted by atomic mass is 10.4. The molecular weight excluding hydrogens is 146 g/mol. The molecule has 0 saturated carbocycles. The number of rotatable bonds is 2. The van der Waals surface area contributed by atoms with Crippen molar-refractivity contribution in [2.75, 3.05) is 14.2 Å². The summed E-state index contributed by atoms with van der Waals surface area (Å²) in [6.45, 7) is 0. The minimum Gasteiger partial charge on any atom is -0.491 e. The molecule has 1 aromatic heterocycles. The van der Waals surface area contributed by atoms with Gasteiger partial charge in [0.25, 0.3) is 0 Å². The summed E-state index contributed by atoms with van der Waals surface area (Å²) in [5, 5.41) is 0. The molecule has 0 aromatic carbocycles. The summed E-state index contributed by atoms with van der Waals surface area (Å²) < 4.78 is 5.87. The number of hydrogen-bond donors (Lipinski definition) is 0. The number of hydrogen-bond acceptors (Lipinski definition) is 3. The molecule has 11 heavy (non-hydrogen) atoms. The highest BCUT2D eigenvalue weighted by Gasteiger charge is 2.00. The van der Waals surface area contributed by atoms with Gasteiger partial charge < -0.3 is 9.57 Å². The molecule has 0 aliphatic carbocycles. The van der Waals surface area contributed by atoms with Gasteiger partial charge in [-0.1, -0.05) is 0 Å². The van der Waals surface area contributed by atoms with E-state index in [1.165, 1.54) is 20.4 Å². The van der Waals surface area contributed by atoms with Crippen molar-refractivity contribution in [1.82, 2.24) is 4.73 Å². The van der Waals surface area contributed by atoms with Crippen molar-refractivity contribution in [2.24, 2.45) is 0 Å². The van der Waals surface area contributed by atoms with Crippen molar-refractivity contribution in [2.45, 2.75) is 0 Å². The zero-order valence-corrected chi connectivity index (χ0v) is 6.40. The van der Waals surface area contributed by atoms with Crippen LogP contribution >= 0.6 is 0 Å². The fraction of sp³-hybridized carbons (Fsp3) is 0.286. The highest BCUT2D eigenvalue weighted by atomic mass is 16.6. The lowest BCUT2D eigenvalue weighted by molar-refractivity contribution is 0.153. The smallest absolute Gasteiger partial charge is 0.325 e. The lowest BCUT2D eigenvalue weighted by Gasteiger charge is -2.03. The van der Waals surface area contributed by atoms with Crippen molar-refractivity contribution in [3.05, 3.63) is 28.7 Å². The molecule has 1 heterocycles. The molecule has 0 fully saturated rings. The van der Waals surface area contributed by atoms with Gasteiger partial charge in [0.05, 0.1) is 7.11 Å². The third kappa shape index (κ3) is 1.34. The molecule has 0 aliphatic rings. The Kier molecular flexibility index (Phi) is 2.15. The first kappa shape index (κ1) is 7.65. The molecule has 0 spiro atoms. The summed E-state index contributed by atoms with van der Waals surface area (Å²) in [7, 11) is 2.86. The van der Waals surface area contributed by atoms with Crippen molar-refractivity contribution in [1.29, 1.82) is 0 Å². The van der Waals surface area contributed by atoms with Crippen molar-refractivity contribution in [3.8, 4) is 5.75 Å². The average molecular weight is 155 g/mol. The predicted molar refractivity (Wildman–Crippen MR) is 39.8 cm³/mol. The first-order valence-electron chi connectivity index (χ1n) is 3.09. The van der Waals surface area contributed by atoms with E-state index in [4.69, 9.17) is 9.57 Å². The van der Waals surface area contributed by atoms with E-state index in [1.54, 1.807) is 12.1 Å². The number of nitrogens with zero attached hydrogens (tertiary/aromatic N) is 1. The van der Waals surface area contributed by atoms with Crippen LogP contribution in [0.2, 0.25) is 0 Å². The lowest BCUT2D eigenvalue weighted by Crippen LogP contribution is -2.24. The summed E-state index contributed by atoms with van der Waals surface area (Å²) in [5.74, 6) is 0.273. The van der Waals surface area contributed by atoms with Crippen LogP contribution in [0.5, 0.6) is 5.75 Å². The molecule has 0 atom stereocenters. The van der Waals surface area contributed by atoms with E-state index >= 15 is 0 Å². The summed E-state index contributed by atoms with van der Waals surface area (Å²) in [4.78, 5) is 15.9. The van der Waals surface area contributed by atoms with Crippen LogP contribution in [0.3, 0.4) is 0 Å². The van der Waals surface area contributed by atoms with E-state index in [2.05, 4.69) is 0 Å². The Hall–Kier alpha value is -1.45. The number of methoxy groups -OCH3 is 1. The first-order valence-corrected chi connectivity index (χ1v) is 3.09. The third-order valence-corrected chi connectivity index (χ3v) is 1.30. The molecule has 0 aliphatic heterocycles. The van der Waals surface area contributed by atoms with E-state index < -0.39 is 0 Å². The van der Waals surface area contributed by atoms with E-state index in [-0.39, 0.29) is 11.3 Å². The van der Waals surface area contributed by atoms with Crippen LogP contribution in [-0.2, 0) is 0 Å². The Balaban J connectivity index is 3.21. The van der Waals surface area contributed by atoms with Crippen LogP contribution in [-0.4, -0.2) is 19.0 Å². The predicted octanol–water partition coefficient (Wildman–Crippen LogP) is -0.0847. The van der Waals surface area contributed by atoms with Gasteiger partial charge in [0.15, 0.2) is 5.75 Å². The zero-order valence-electron chi connectivity index (χ0n) is 6.40. The zero-order chi connectivity index (χ0) is 8.27. The van der Waals surface area contributed by atoms with E-state index in [9.17, 15) is 4.79 Å². The highest BCUT2D eigenvalue weighted by Crippen LogP contribution is 1.98. The quantitative estimate of drug-likeness (QED) is 0.599. The van der Waals surface area contributed by atoms with Crippen molar-refractivity contribution < 1.29 is 9.57 Å². The Morgan fingerprint density at radius 1 is 1.45 bits per heavy atom. The van der Waals surface area contributed by atoms with E-state index in [0.29, 0.717) is 0 Å². The van der Waals surface area contributed by atoms with E-state index in [1.807, 2.05) is 0 Å². The van der Waals surface area contributed by atoms with Crippen LogP contribution in [0.1, 0.15) is 0 Å². The van der Waals surface area contributed by atoms with Gasteiger partial charge >= 0.3 is 5.56 Å². The molecule has 60 valence electrons. The van der Waals surface area contributed by atoms with Gasteiger partial charge in [0, 0.05) is 6.20 Å². The third-order valence-electron chi connectivity index (χ3n) is 1.30. The Labute approximate surface area is 63.9 Å². The highest BCUT2D eigenvalue weighted by molar-refractivity contribution is 5.16. The maximum Gasteiger partial charge on any atom is 0.325 e. The molecule has 0 radical (unpaired) electrons. The molecular formula is C7H9NO3. The topological polar surface area (TPSA) is 40.5 Å². The van der Waals surface area contributed by atoms with Gasteiger partial charge in [0.2, 0.25) is 0 Å². The van der Waals surface area contributed by atoms with Crippen LogP contribution in [0.25, 0.3) is 0 Å². The number of ether oxygens (including phenoxy) is 1.